The smallest absolute Gasteiger partial charge is 0.252 e. The zero-order chi connectivity index (χ0) is 18.4. The van der Waals surface area contributed by atoms with Gasteiger partial charge in [-0.1, -0.05) is 30.1 Å². The monoisotopic (exact) mass is 359 g/mol. The van der Waals surface area contributed by atoms with E-state index >= 15 is 0 Å². The fraction of sp³-hybridized carbons (Fsp3) is 0.526. The summed E-state index contributed by atoms with van der Waals surface area (Å²) in [5.41, 5.74) is 0.936. The van der Waals surface area contributed by atoms with Gasteiger partial charge in [-0.25, -0.2) is 0 Å². The van der Waals surface area contributed by atoms with Gasteiger partial charge in [0.2, 0.25) is 5.91 Å². The van der Waals surface area contributed by atoms with Crippen LogP contribution in [-0.4, -0.2) is 41.7 Å². The Labute approximate surface area is 153 Å². The quantitative estimate of drug-likeness (QED) is 0.789. The number of hydrogen-bond acceptors (Lipinski definition) is 6. The summed E-state index contributed by atoms with van der Waals surface area (Å²) in [7, 11) is 3.21. The number of likely N-dealkylation sites (tertiary alicyclic amines) is 1. The van der Waals surface area contributed by atoms with Gasteiger partial charge in [0, 0.05) is 13.7 Å². The Hall–Kier alpha value is -2.41. The maximum atomic E-state index is 13.0. The van der Waals surface area contributed by atoms with E-state index in [0.717, 1.165) is 37.0 Å². The van der Waals surface area contributed by atoms with Crippen molar-refractivity contribution in [2.24, 2.45) is 0 Å². The molecule has 0 saturated carbocycles. The van der Waals surface area contributed by atoms with E-state index in [1.807, 2.05) is 29.2 Å². The summed E-state index contributed by atoms with van der Waals surface area (Å²) in [5.74, 6) is 1.83. The van der Waals surface area contributed by atoms with E-state index < -0.39 is 0 Å². The lowest BCUT2D eigenvalue weighted by Gasteiger charge is -2.28. The number of rotatable bonds is 6. The molecule has 1 atom stereocenters. The van der Waals surface area contributed by atoms with Gasteiger partial charge in [0.05, 0.1) is 19.6 Å². The molecular formula is C19H25N3O4. The Kier molecular flexibility index (Phi) is 6.22. The van der Waals surface area contributed by atoms with Crippen LogP contribution in [0.25, 0.3) is 0 Å². The van der Waals surface area contributed by atoms with Crippen LogP contribution in [0.1, 0.15) is 49.0 Å². The second kappa shape index (κ2) is 8.80. The van der Waals surface area contributed by atoms with Crippen molar-refractivity contribution in [2.45, 2.75) is 44.8 Å². The van der Waals surface area contributed by atoms with Gasteiger partial charge in [0.1, 0.15) is 12.4 Å². The SMILES string of the molecule is COCc1nc([C@@H]2CCCCCN2C(=O)Cc2cccc(OC)c2)no1. The normalized spacial score (nSPS) is 17.8. The molecule has 1 fully saturated rings. The van der Waals surface area contributed by atoms with Crippen LogP contribution in [0.3, 0.4) is 0 Å². The highest BCUT2D eigenvalue weighted by molar-refractivity contribution is 5.79. The number of aromatic nitrogens is 2. The first-order valence-electron chi connectivity index (χ1n) is 8.95. The number of nitrogens with zero attached hydrogens (tertiary/aromatic N) is 3. The largest absolute Gasteiger partial charge is 0.497 e. The van der Waals surface area contributed by atoms with Crippen molar-refractivity contribution in [3.05, 3.63) is 41.5 Å². The first-order chi connectivity index (χ1) is 12.7. The van der Waals surface area contributed by atoms with Gasteiger partial charge in [-0.15, -0.1) is 0 Å². The van der Waals surface area contributed by atoms with Gasteiger partial charge >= 0.3 is 0 Å². The molecule has 1 aliphatic heterocycles. The molecule has 7 nitrogen and oxygen atoms in total. The van der Waals surface area contributed by atoms with Crippen LogP contribution in [0, 0.1) is 0 Å². The summed E-state index contributed by atoms with van der Waals surface area (Å²) < 4.78 is 15.5. The zero-order valence-electron chi connectivity index (χ0n) is 15.3. The molecule has 0 spiro atoms. The van der Waals surface area contributed by atoms with Crippen molar-refractivity contribution in [3.8, 4) is 5.75 Å². The van der Waals surface area contributed by atoms with Crippen molar-refractivity contribution >= 4 is 5.91 Å². The van der Waals surface area contributed by atoms with Gasteiger partial charge in [0.15, 0.2) is 5.82 Å². The third-order valence-electron chi connectivity index (χ3n) is 4.61. The molecule has 0 aliphatic carbocycles. The lowest BCUT2D eigenvalue weighted by molar-refractivity contribution is -0.133. The summed E-state index contributed by atoms with van der Waals surface area (Å²) in [5, 5.41) is 4.09. The van der Waals surface area contributed by atoms with Crippen LogP contribution in [0.4, 0.5) is 0 Å². The van der Waals surface area contributed by atoms with Gasteiger partial charge in [0.25, 0.3) is 5.89 Å². The molecule has 2 aromatic rings. The molecule has 1 aromatic heterocycles. The predicted octanol–water partition coefficient (Wildman–Crippen LogP) is 2.91. The molecule has 1 saturated heterocycles. The number of benzene rings is 1. The molecule has 0 bridgehead atoms. The molecule has 2 heterocycles. The van der Waals surface area contributed by atoms with Gasteiger partial charge in [-0.05, 0) is 30.5 Å². The first kappa shape index (κ1) is 18.4. The van der Waals surface area contributed by atoms with Crippen molar-refractivity contribution in [3.63, 3.8) is 0 Å². The number of methoxy groups -OCH3 is 2. The second-order valence-corrected chi connectivity index (χ2v) is 6.46. The lowest BCUT2D eigenvalue weighted by atomic mass is 10.1. The Bertz CT molecular complexity index is 731. The molecule has 0 radical (unpaired) electrons. The van der Waals surface area contributed by atoms with Crippen molar-refractivity contribution in [1.29, 1.82) is 0 Å². The molecule has 1 amide bonds. The lowest BCUT2D eigenvalue weighted by Crippen LogP contribution is -2.36. The highest BCUT2D eigenvalue weighted by atomic mass is 16.5. The molecule has 1 aliphatic rings. The van der Waals surface area contributed by atoms with E-state index in [4.69, 9.17) is 14.0 Å². The molecule has 26 heavy (non-hydrogen) atoms. The van der Waals surface area contributed by atoms with E-state index in [-0.39, 0.29) is 18.6 Å². The third kappa shape index (κ3) is 4.40. The van der Waals surface area contributed by atoms with Gasteiger partial charge in [-0.2, -0.15) is 4.98 Å². The maximum absolute atomic E-state index is 13.0. The van der Waals surface area contributed by atoms with E-state index in [1.165, 1.54) is 0 Å². The highest BCUT2D eigenvalue weighted by Gasteiger charge is 2.30. The van der Waals surface area contributed by atoms with Crippen molar-refractivity contribution < 1.29 is 18.8 Å². The Morgan fingerprint density at radius 1 is 1.31 bits per heavy atom. The van der Waals surface area contributed by atoms with Crippen LogP contribution in [-0.2, 0) is 22.6 Å². The average Bonchev–Trinajstić information content (AvgIpc) is 2.97. The Balaban J connectivity index is 1.77. The predicted molar refractivity (Wildman–Crippen MR) is 94.6 cm³/mol. The van der Waals surface area contributed by atoms with Crippen molar-refractivity contribution in [2.75, 3.05) is 20.8 Å². The summed E-state index contributed by atoms with van der Waals surface area (Å²) in [6.45, 7) is 0.985. The number of amides is 1. The van der Waals surface area contributed by atoms with Crippen molar-refractivity contribution in [1.82, 2.24) is 15.0 Å². The van der Waals surface area contributed by atoms with Crippen LogP contribution in [0.15, 0.2) is 28.8 Å². The Morgan fingerprint density at radius 2 is 2.19 bits per heavy atom. The maximum Gasteiger partial charge on any atom is 0.252 e. The fourth-order valence-corrected chi connectivity index (χ4v) is 3.32. The minimum atomic E-state index is -0.148. The topological polar surface area (TPSA) is 77.7 Å². The van der Waals surface area contributed by atoms with Crippen LogP contribution < -0.4 is 4.74 Å². The van der Waals surface area contributed by atoms with Gasteiger partial charge < -0.3 is 18.9 Å². The molecule has 1 aromatic carbocycles. The van der Waals surface area contributed by atoms with E-state index in [9.17, 15) is 4.79 Å². The fourth-order valence-electron chi connectivity index (χ4n) is 3.32. The van der Waals surface area contributed by atoms with Crippen LogP contribution in [0.2, 0.25) is 0 Å². The summed E-state index contributed by atoms with van der Waals surface area (Å²) in [6, 6.07) is 7.47. The summed E-state index contributed by atoms with van der Waals surface area (Å²) in [4.78, 5) is 19.3. The van der Waals surface area contributed by atoms with Crippen LogP contribution in [0.5, 0.6) is 5.75 Å². The molecule has 7 heteroatoms. The number of carbonyl (C=O) groups is 1. The minimum Gasteiger partial charge on any atom is -0.497 e. The molecule has 140 valence electrons. The number of carbonyl (C=O) groups excluding carboxylic acids is 1. The standard InChI is InChI=1S/C19H25N3O4/c1-24-13-17-20-19(21-26-17)16-9-4-3-5-10-22(16)18(23)12-14-7-6-8-15(11-14)25-2/h6-8,11,16H,3-5,9-10,12-13H2,1-2H3/t16-/m0/s1. The number of ether oxygens (including phenoxy) is 2. The van der Waals surface area contributed by atoms with E-state index in [0.29, 0.717) is 24.7 Å². The molecular weight excluding hydrogens is 334 g/mol. The zero-order valence-corrected chi connectivity index (χ0v) is 15.3. The summed E-state index contributed by atoms with van der Waals surface area (Å²) in [6.07, 6.45) is 4.30. The first-order valence-corrected chi connectivity index (χ1v) is 8.95. The average molecular weight is 359 g/mol. The minimum absolute atomic E-state index is 0.0724. The molecule has 3 rings (SSSR count). The summed E-state index contributed by atoms with van der Waals surface area (Å²) >= 11 is 0. The molecule has 0 N–H and O–H groups in total. The van der Waals surface area contributed by atoms with E-state index in [1.54, 1.807) is 14.2 Å². The third-order valence-corrected chi connectivity index (χ3v) is 4.61. The van der Waals surface area contributed by atoms with E-state index in [2.05, 4.69) is 10.1 Å². The van der Waals surface area contributed by atoms with Crippen LogP contribution >= 0.6 is 0 Å². The number of hydrogen-bond donors (Lipinski definition) is 0. The Morgan fingerprint density at radius 3 is 3.00 bits per heavy atom. The highest BCUT2D eigenvalue weighted by Crippen LogP contribution is 2.29. The van der Waals surface area contributed by atoms with Gasteiger partial charge in [-0.3, -0.25) is 4.79 Å². The molecule has 0 unspecified atom stereocenters. The second-order valence-electron chi connectivity index (χ2n) is 6.46.